The van der Waals surface area contributed by atoms with Crippen LogP contribution in [0.15, 0.2) is 27.2 Å². The molecule has 6 heteroatoms. The van der Waals surface area contributed by atoms with Gasteiger partial charge >= 0.3 is 0 Å². The number of halogens is 2. The minimum absolute atomic E-state index is 0.225. The zero-order valence-corrected chi connectivity index (χ0v) is 10.5. The topological polar surface area (TPSA) is 55.5 Å². The van der Waals surface area contributed by atoms with Crippen molar-refractivity contribution >= 4 is 15.9 Å². The van der Waals surface area contributed by atoms with Crippen LogP contribution >= 0.6 is 15.9 Å². The monoisotopic (exact) mass is 301 g/mol. The smallest absolute Gasteiger partial charge is 0.184 e. The molecule has 17 heavy (non-hydrogen) atoms. The normalized spacial score (nSPS) is 10.6. The first-order valence-corrected chi connectivity index (χ1v) is 5.55. The van der Waals surface area contributed by atoms with E-state index in [1.165, 1.54) is 25.3 Å². The predicted molar refractivity (Wildman–Crippen MR) is 62.1 cm³/mol. The molecule has 1 heterocycles. The van der Waals surface area contributed by atoms with Crippen molar-refractivity contribution in [2.75, 3.05) is 7.11 Å². The number of ether oxygens (including phenoxy) is 1. The summed E-state index contributed by atoms with van der Waals surface area (Å²) in [5, 5.41) is 12.6. The number of rotatable bonds is 3. The number of aliphatic hydroxyl groups is 1. The summed E-state index contributed by atoms with van der Waals surface area (Å²) >= 11 is 3.21. The van der Waals surface area contributed by atoms with Gasteiger partial charge in [0, 0.05) is 0 Å². The van der Waals surface area contributed by atoms with Gasteiger partial charge in [0.15, 0.2) is 5.76 Å². The van der Waals surface area contributed by atoms with Gasteiger partial charge in [0.25, 0.3) is 0 Å². The molecule has 1 N–H and O–H groups in total. The first-order valence-electron chi connectivity index (χ1n) is 4.76. The van der Waals surface area contributed by atoms with E-state index in [0.29, 0.717) is 15.9 Å². The van der Waals surface area contributed by atoms with Gasteiger partial charge in [-0.1, -0.05) is 5.16 Å². The molecule has 4 nitrogen and oxygen atoms in total. The van der Waals surface area contributed by atoms with Gasteiger partial charge in [-0.3, -0.25) is 0 Å². The van der Waals surface area contributed by atoms with Gasteiger partial charge in [0.1, 0.15) is 17.3 Å². The second-order valence-corrected chi connectivity index (χ2v) is 4.07. The van der Waals surface area contributed by atoms with Crippen molar-refractivity contribution in [3.05, 3.63) is 34.2 Å². The molecule has 0 fully saturated rings. The summed E-state index contributed by atoms with van der Waals surface area (Å²) in [4.78, 5) is 0. The number of hydrogen-bond acceptors (Lipinski definition) is 4. The Kier molecular flexibility index (Phi) is 3.44. The molecule has 0 bridgehead atoms. The Bertz CT molecular complexity index is 542. The van der Waals surface area contributed by atoms with Crippen LogP contribution in [0.5, 0.6) is 5.75 Å². The molecule has 2 rings (SSSR count). The van der Waals surface area contributed by atoms with E-state index >= 15 is 0 Å². The number of benzene rings is 1. The summed E-state index contributed by atoms with van der Waals surface area (Å²) in [6.45, 7) is -0.282. The van der Waals surface area contributed by atoms with E-state index < -0.39 is 5.82 Å². The van der Waals surface area contributed by atoms with Crippen LogP contribution in [-0.2, 0) is 6.61 Å². The fourth-order valence-electron chi connectivity index (χ4n) is 1.38. The highest BCUT2D eigenvalue weighted by atomic mass is 79.9. The third-order valence-electron chi connectivity index (χ3n) is 2.27. The molecule has 0 radical (unpaired) electrons. The van der Waals surface area contributed by atoms with Crippen molar-refractivity contribution in [3.63, 3.8) is 0 Å². The minimum Gasteiger partial charge on any atom is -0.497 e. The Morgan fingerprint density at radius 2 is 2.29 bits per heavy atom. The maximum absolute atomic E-state index is 13.7. The van der Waals surface area contributed by atoms with Crippen LogP contribution in [-0.4, -0.2) is 17.4 Å². The van der Waals surface area contributed by atoms with E-state index in [1.54, 1.807) is 0 Å². The standard InChI is InChI=1S/C11H9BrFNO3/c1-16-6-2-3-8(13)7(4-6)11-10(12)9(5-15)14-17-11/h2-4,15H,5H2,1H3. The summed E-state index contributed by atoms with van der Waals surface area (Å²) in [5.41, 5.74) is 0.547. The first kappa shape index (κ1) is 12.1. The van der Waals surface area contributed by atoms with Gasteiger partial charge in [-0.2, -0.15) is 0 Å². The van der Waals surface area contributed by atoms with E-state index in [2.05, 4.69) is 21.1 Å². The second kappa shape index (κ2) is 4.85. The van der Waals surface area contributed by atoms with Gasteiger partial charge in [-0.25, -0.2) is 4.39 Å². The van der Waals surface area contributed by atoms with Crippen molar-refractivity contribution in [1.29, 1.82) is 0 Å². The summed E-state index contributed by atoms with van der Waals surface area (Å²) in [6.07, 6.45) is 0. The highest BCUT2D eigenvalue weighted by molar-refractivity contribution is 9.10. The van der Waals surface area contributed by atoms with Crippen molar-refractivity contribution in [2.24, 2.45) is 0 Å². The number of nitrogens with zero attached hydrogens (tertiary/aromatic N) is 1. The third-order valence-corrected chi connectivity index (χ3v) is 3.09. The summed E-state index contributed by atoms with van der Waals surface area (Å²) in [7, 11) is 1.49. The van der Waals surface area contributed by atoms with Crippen molar-refractivity contribution in [2.45, 2.75) is 6.61 Å². The number of hydrogen-bond donors (Lipinski definition) is 1. The van der Waals surface area contributed by atoms with Crippen molar-refractivity contribution < 1.29 is 18.8 Å². The van der Waals surface area contributed by atoms with E-state index in [1.807, 2.05) is 0 Å². The maximum atomic E-state index is 13.7. The molecule has 0 aliphatic rings. The fraction of sp³-hybridized carbons (Fsp3) is 0.182. The van der Waals surface area contributed by atoms with Crippen LogP contribution in [0.4, 0.5) is 4.39 Å². The van der Waals surface area contributed by atoms with Crippen molar-refractivity contribution in [3.8, 4) is 17.1 Å². The molecule has 0 atom stereocenters. The molecule has 1 aromatic heterocycles. The average molecular weight is 302 g/mol. The number of methoxy groups -OCH3 is 1. The SMILES string of the molecule is COc1ccc(F)c(-c2onc(CO)c2Br)c1. The lowest BCUT2D eigenvalue weighted by Crippen LogP contribution is -1.88. The highest BCUT2D eigenvalue weighted by Gasteiger charge is 2.18. The molecule has 1 aromatic carbocycles. The van der Waals surface area contributed by atoms with Gasteiger partial charge < -0.3 is 14.4 Å². The lowest BCUT2D eigenvalue weighted by molar-refractivity contribution is 0.266. The summed E-state index contributed by atoms with van der Waals surface area (Å²) in [5.74, 6) is 0.285. The second-order valence-electron chi connectivity index (χ2n) is 3.28. The lowest BCUT2D eigenvalue weighted by atomic mass is 10.1. The summed E-state index contributed by atoms with van der Waals surface area (Å²) in [6, 6.07) is 4.29. The van der Waals surface area contributed by atoms with E-state index in [4.69, 9.17) is 14.4 Å². The molecule has 0 unspecified atom stereocenters. The van der Waals surface area contributed by atoms with Crippen LogP contribution in [0.25, 0.3) is 11.3 Å². The molecule has 0 aliphatic heterocycles. The molecule has 0 saturated heterocycles. The van der Waals surface area contributed by atoms with Gasteiger partial charge in [-0.05, 0) is 34.1 Å². The zero-order valence-electron chi connectivity index (χ0n) is 8.91. The van der Waals surface area contributed by atoms with E-state index in [9.17, 15) is 4.39 Å². The zero-order chi connectivity index (χ0) is 12.4. The largest absolute Gasteiger partial charge is 0.497 e. The third kappa shape index (κ3) is 2.18. The molecule has 0 amide bonds. The Hall–Kier alpha value is -1.40. The Labute approximate surface area is 105 Å². The average Bonchev–Trinajstić information content (AvgIpc) is 2.71. The molecule has 0 aliphatic carbocycles. The van der Waals surface area contributed by atoms with Crippen molar-refractivity contribution in [1.82, 2.24) is 5.16 Å². The molecule has 0 spiro atoms. The van der Waals surface area contributed by atoms with Crippen LogP contribution in [0.2, 0.25) is 0 Å². The quantitative estimate of drug-likeness (QED) is 0.947. The van der Waals surface area contributed by atoms with Crippen LogP contribution in [0, 0.1) is 5.82 Å². The minimum atomic E-state index is -0.452. The van der Waals surface area contributed by atoms with Gasteiger partial charge in [0.05, 0.1) is 23.8 Å². The molecular formula is C11H9BrFNO3. The Morgan fingerprint density at radius 1 is 1.53 bits per heavy atom. The van der Waals surface area contributed by atoms with Gasteiger partial charge in [0.2, 0.25) is 0 Å². The fourth-order valence-corrected chi connectivity index (χ4v) is 1.87. The van der Waals surface area contributed by atoms with Crippen LogP contribution in [0.1, 0.15) is 5.69 Å². The Balaban J connectivity index is 2.55. The van der Waals surface area contributed by atoms with Gasteiger partial charge in [-0.15, -0.1) is 0 Å². The molecule has 2 aromatic rings. The maximum Gasteiger partial charge on any atom is 0.184 e. The highest BCUT2D eigenvalue weighted by Crippen LogP contribution is 2.34. The molecule has 90 valence electrons. The Morgan fingerprint density at radius 3 is 2.88 bits per heavy atom. The predicted octanol–water partition coefficient (Wildman–Crippen LogP) is 2.74. The van der Waals surface area contributed by atoms with E-state index in [0.717, 1.165) is 0 Å². The van der Waals surface area contributed by atoms with Crippen LogP contribution < -0.4 is 4.74 Å². The van der Waals surface area contributed by atoms with Crippen LogP contribution in [0.3, 0.4) is 0 Å². The summed E-state index contributed by atoms with van der Waals surface area (Å²) < 4.78 is 24.1. The van der Waals surface area contributed by atoms with E-state index in [-0.39, 0.29) is 17.9 Å². The lowest BCUT2D eigenvalue weighted by Gasteiger charge is -2.03. The number of aromatic nitrogens is 1. The molecular weight excluding hydrogens is 293 g/mol. The first-order chi connectivity index (χ1) is 8.17. The number of aliphatic hydroxyl groups excluding tert-OH is 1. The molecule has 0 saturated carbocycles.